The maximum Gasteiger partial charge on any atom is 0.0296 e. The van der Waals surface area contributed by atoms with E-state index in [0.29, 0.717) is 0 Å². The van der Waals surface area contributed by atoms with Crippen LogP contribution in [-0.2, 0) is 0 Å². The quantitative estimate of drug-likeness (QED) is 0.723. The average Bonchev–Trinajstić information content (AvgIpc) is 2.29. The molecule has 2 atom stereocenters. The summed E-state index contributed by atoms with van der Waals surface area (Å²) in [5.41, 5.74) is 0. The van der Waals surface area contributed by atoms with E-state index < -0.39 is 0 Å². The van der Waals surface area contributed by atoms with Gasteiger partial charge in [-0.3, -0.25) is 4.90 Å². The summed E-state index contributed by atoms with van der Waals surface area (Å²) in [6, 6.07) is 0.786. The predicted molar refractivity (Wildman–Crippen MR) is 57.5 cm³/mol. The van der Waals surface area contributed by atoms with Crippen molar-refractivity contribution in [3.05, 3.63) is 11.1 Å². The van der Waals surface area contributed by atoms with Crippen LogP contribution in [0, 0.1) is 5.92 Å². The van der Waals surface area contributed by atoms with Gasteiger partial charge < -0.3 is 0 Å². The van der Waals surface area contributed by atoms with Gasteiger partial charge in [-0.05, 0) is 18.8 Å². The Labute approximate surface area is 84.0 Å². The first-order valence-corrected chi connectivity index (χ1v) is 5.50. The minimum Gasteiger partial charge on any atom is -0.295 e. The van der Waals surface area contributed by atoms with Crippen LogP contribution in [0.3, 0.4) is 0 Å². The smallest absolute Gasteiger partial charge is 0.0296 e. The molecule has 12 heavy (non-hydrogen) atoms. The number of nitrogens with zero attached hydrogens (tertiary/aromatic N) is 1. The topological polar surface area (TPSA) is 3.24 Å². The monoisotopic (exact) mass is 231 g/mol. The lowest BCUT2D eigenvalue weighted by Gasteiger charge is -2.22. The zero-order valence-corrected chi connectivity index (χ0v) is 9.60. The zero-order valence-electron chi connectivity index (χ0n) is 8.02. The van der Waals surface area contributed by atoms with Gasteiger partial charge in [-0.15, -0.1) is 0 Å². The predicted octanol–water partition coefficient (Wildman–Crippen LogP) is 3.02. The van der Waals surface area contributed by atoms with E-state index in [0.717, 1.165) is 23.0 Å². The van der Waals surface area contributed by atoms with Gasteiger partial charge >= 0.3 is 0 Å². The highest BCUT2D eigenvalue weighted by molar-refractivity contribution is 9.11. The van der Waals surface area contributed by atoms with Crippen LogP contribution in [0.4, 0.5) is 0 Å². The molecule has 0 saturated carbocycles. The van der Waals surface area contributed by atoms with Crippen LogP contribution in [0.2, 0.25) is 0 Å². The molecule has 0 bridgehead atoms. The molecule has 0 amide bonds. The molecule has 0 aromatic carbocycles. The normalized spacial score (nSPS) is 30.9. The van der Waals surface area contributed by atoms with Crippen LogP contribution in [-0.4, -0.2) is 24.0 Å². The van der Waals surface area contributed by atoms with E-state index in [-0.39, 0.29) is 0 Å². The minimum absolute atomic E-state index is 0.786. The van der Waals surface area contributed by atoms with Crippen molar-refractivity contribution in [1.82, 2.24) is 4.90 Å². The fraction of sp³-hybridized carbons (Fsp3) is 0.800. The summed E-state index contributed by atoms with van der Waals surface area (Å²) in [6.07, 6.45) is 2.63. The van der Waals surface area contributed by atoms with Gasteiger partial charge in [0.2, 0.25) is 0 Å². The van der Waals surface area contributed by atoms with Gasteiger partial charge in [-0.2, -0.15) is 0 Å². The molecule has 0 radical (unpaired) electrons. The number of halogens is 1. The molecule has 1 nitrogen and oxygen atoms in total. The fourth-order valence-corrected chi connectivity index (χ4v) is 2.40. The Morgan fingerprint density at radius 1 is 1.67 bits per heavy atom. The van der Waals surface area contributed by atoms with Crippen LogP contribution in [0.25, 0.3) is 0 Å². The van der Waals surface area contributed by atoms with Crippen molar-refractivity contribution in [1.29, 1.82) is 0 Å². The molecule has 70 valence electrons. The summed E-state index contributed by atoms with van der Waals surface area (Å²) >= 11 is 3.42. The lowest BCUT2D eigenvalue weighted by Crippen LogP contribution is -2.29. The van der Waals surface area contributed by atoms with Gasteiger partial charge in [0.1, 0.15) is 0 Å². The van der Waals surface area contributed by atoms with E-state index in [1.54, 1.807) is 0 Å². The van der Waals surface area contributed by atoms with Crippen molar-refractivity contribution in [2.24, 2.45) is 5.92 Å². The third-order valence-corrected chi connectivity index (χ3v) is 2.83. The summed E-state index contributed by atoms with van der Waals surface area (Å²) in [5, 5.41) is 0. The standard InChI is InChI=1S/C10H18BrN/c1-4-10-5-8(2)6-12(10)7-9(3)11/h8,10H,3-7H2,1-2H3. The van der Waals surface area contributed by atoms with Crippen LogP contribution in [0.15, 0.2) is 11.1 Å². The maximum atomic E-state index is 3.89. The van der Waals surface area contributed by atoms with Crippen LogP contribution >= 0.6 is 15.9 Å². The third-order valence-electron chi connectivity index (χ3n) is 2.58. The average molecular weight is 232 g/mol. The Hall–Kier alpha value is 0.180. The van der Waals surface area contributed by atoms with Crippen molar-refractivity contribution in [2.45, 2.75) is 32.7 Å². The van der Waals surface area contributed by atoms with E-state index in [1.807, 2.05) is 0 Å². The molecule has 1 fully saturated rings. The van der Waals surface area contributed by atoms with Gasteiger partial charge in [-0.25, -0.2) is 0 Å². The molecule has 0 N–H and O–H groups in total. The second kappa shape index (κ2) is 4.43. The van der Waals surface area contributed by atoms with Crippen molar-refractivity contribution in [2.75, 3.05) is 13.1 Å². The van der Waals surface area contributed by atoms with Gasteiger partial charge in [-0.1, -0.05) is 36.4 Å². The van der Waals surface area contributed by atoms with Crippen LogP contribution in [0.5, 0.6) is 0 Å². The molecular weight excluding hydrogens is 214 g/mol. The summed E-state index contributed by atoms with van der Waals surface area (Å²) in [7, 11) is 0. The number of hydrogen-bond donors (Lipinski definition) is 0. The Bertz CT molecular complexity index is 167. The first-order valence-electron chi connectivity index (χ1n) is 4.70. The molecule has 1 heterocycles. The van der Waals surface area contributed by atoms with E-state index in [4.69, 9.17) is 0 Å². The number of rotatable bonds is 3. The molecule has 1 aliphatic rings. The molecule has 1 aliphatic heterocycles. The molecule has 1 saturated heterocycles. The van der Waals surface area contributed by atoms with Crippen molar-refractivity contribution in [3.8, 4) is 0 Å². The van der Waals surface area contributed by atoms with Crippen molar-refractivity contribution in [3.63, 3.8) is 0 Å². The van der Waals surface area contributed by atoms with Gasteiger partial charge in [0.15, 0.2) is 0 Å². The summed E-state index contributed by atoms with van der Waals surface area (Å²) in [6.45, 7) is 10.7. The lowest BCUT2D eigenvalue weighted by molar-refractivity contribution is 0.271. The van der Waals surface area contributed by atoms with E-state index >= 15 is 0 Å². The van der Waals surface area contributed by atoms with Crippen LogP contribution in [0.1, 0.15) is 26.7 Å². The SMILES string of the molecule is C=C(Br)CN1CC(C)CC1CC. The van der Waals surface area contributed by atoms with Crippen molar-refractivity contribution >= 4 is 15.9 Å². The van der Waals surface area contributed by atoms with Gasteiger partial charge in [0, 0.05) is 23.6 Å². The van der Waals surface area contributed by atoms with E-state index in [9.17, 15) is 0 Å². The highest BCUT2D eigenvalue weighted by Gasteiger charge is 2.27. The third kappa shape index (κ3) is 2.60. The molecule has 1 rings (SSSR count). The molecule has 0 aromatic rings. The molecule has 0 aromatic heterocycles. The number of likely N-dealkylation sites (tertiary alicyclic amines) is 1. The second-order valence-electron chi connectivity index (χ2n) is 3.85. The molecule has 0 spiro atoms. The molecular formula is C10H18BrN. The number of hydrogen-bond acceptors (Lipinski definition) is 1. The maximum absolute atomic E-state index is 3.89. The Balaban J connectivity index is 2.46. The first-order chi connectivity index (χ1) is 5.63. The Morgan fingerprint density at radius 3 is 2.83 bits per heavy atom. The van der Waals surface area contributed by atoms with E-state index in [2.05, 4.69) is 41.3 Å². The second-order valence-corrected chi connectivity index (χ2v) is 4.97. The highest BCUT2D eigenvalue weighted by atomic mass is 79.9. The summed E-state index contributed by atoms with van der Waals surface area (Å²) in [4.78, 5) is 2.53. The minimum atomic E-state index is 0.786. The first kappa shape index (κ1) is 10.3. The summed E-state index contributed by atoms with van der Waals surface area (Å²) < 4.78 is 1.11. The Morgan fingerprint density at radius 2 is 2.33 bits per heavy atom. The lowest BCUT2D eigenvalue weighted by atomic mass is 10.1. The Kier molecular flexibility index (Phi) is 3.78. The van der Waals surface area contributed by atoms with Crippen LogP contribution < -0.4 is 0 Å². The molecule has 2 unspecified atom stereocenters. The zero-order chi connectivity index (χ0) is 9.14. The largest absolute Gasteiger partial charge is 0.295 e. The van der Waals surface area contributed by atoms with E-state index in [1.165, 1.54) is 19.4 Å². The summed E-state index contributed by atoms with van der Waals surface area (Å²) in [5.74, 6) is 0.863. The van der Waals surface area contributed by atoms with Gasteiger partial charge in [0.05, 0.1) is 0 Å². The van der Waals surface area contributed by atoms with Gasteiger partial charge in [0.25, 0.3) is 0 Å². The fourth-order valence-electron chi connectivity index (χ4n) is 2.08. The molecule has 0 aliphatic carbocycles. The van der Waals surface area contributed by atoms with Crippen molar-refractivity contribution < 1.29 is 0 Å². The molecule has 2 heteroatoms. The highest BCUT2D eigenvalue weighted by Crippen LogP contribution is 2.25.